The number of nitrogens with zero attached hydrogens (tertiary/aromatic N) is 2. The van der Waals surface area contributed by atoms with Crippen LogP contribution in [0.15, 0.2) is 30.3 Å². The number of hydrogen-bond acceptors (Lipinski definition) is 2. The van der Waals surface area contributed by atoms with Crippen molar-refractivity contribution in [2.24, 2.45) is 0 Å². The SMILES string of the molecule is CCN(Cc1ccccc1)C(=O)[C@H]1CCCN1C(C)=O. The molecule has 1 atom stereocenters. The van der Waals surface area contributed by atoms with Crippen molar-refractivity contribution in [2.75, 3.05) is 13.1 Å². The van der Waals surface area contributed by atoms with Crippen molar-refractivity contribution >= 4 is 11.8 Å². The maximum absolute atomic E-state index is 12.6. The molecule has 2 amide bonds. The number of carbonyl (C=O) groups excluding carboxylic acids is 2. The molecule has 4 nitrogen and oxygen atoms in total. The van der Waals surface area contributed by atoms with E-state index in [1.54, 1.807) is 11.8 Å². The molecule has 1 saturated heterocycles. The van der Waals surface area contributed by atoms with Gasteiger partial charge in [0.05, 0.1) is 0 Å². The number of hydrogen-bond donors (Lipinski definition) is 0. The summed E-state index contributed by atoms with van der Waals surface area (Å²) in [4.78, 5) is 27.8. The number of rotatable bonds is 4. The van der Waals surface area contributed by atoms with Gasteiger partial charge in [-0.3, -0.25) is 9.59 Å². The largest absolute Gasteiger partial charge is 0.337 e. The van der Waals surface area contributed by atoms with Crippen molar-refractivity contribution < 1.29 is 9.59 Å². The molecule has 20 heavy (non-hydrogen) atoms. The molecule has 1 aliphatic heterocycles. The lowest BCUT2D eigenvalue weighted by molar-refractivity contribution is -0.143. The van der Waals surface area contributed by atoms with Crippen molar-refractivity contribution in [1.29, 1.82) is 0 Å². The first kappa shape index (κ1) is 14.6. The van der Waals surface area contributed by atoms with E-state index in [1.807, 2.05) is 42.2 Å². The van der Waals surface area contributed by atoms with Gasteiger partial charge in [0.25, 0.3) is 0 Å². The summed E-state index contributed by atoms with van der Waals surface area (Å²) in [5.74, 6) is 0.0701. The van der Waals surface area contributed by atoms with Crippen LogP contribution in [0.4, 0.5) is 0 Å². The van der Waals surface area contributed by atoms with Crippen LogP contribution in [0.2, 0.25) is 0 Å². The van der Waals surface area contributed by atoms with Crippen LogP contribution >= 0.6 is 0 Å². The summed E-state index contributed by atoms with van der Waals surface area (Å²) >= 11 is 0. The van der Waals surface area contributed by atoms with Gasteiger partial charge in [0.15, 0.2) is 0 Å². The monoisotopic (exact) mass is 274 g/mol. The minimum absolute atomic E-state index is 0.00314. The van der Waals surface area contributed by atoms with Gasteiger partial charge in [0.2, 0.25) is 11.8 Å². The number of carbonyl (C=O) groups is 2. The quantitative estimate of drug-likeness (QED) is 0.843. The van der Waals surface area contributed by atoms with Crippen molar-refractivity contribution in [3.05, 3.63) is 35.9 Å². The molecule has 0 unspecified atom stereocenters. The van der Waals surface area contributed by atoms with Crippen molar-refractivity contribution in [2.45, 2.75) is 39.3 Å². The smallest absolute Gasteiger partial charge is 0.245 e. The van der Waals surface area contributed by atoms with Crippen molar-refractivity contribution in [3.8, 4) is 0 Å². The minimum atomic E-state index is -0.267. The molecule has 0 bridgehead atoms. The summed E-state index contributed by atoms with van der Waals surface area (Å²) in [5, 5.41) is 0. The van der Waals surface area contributed by atoms with E-state index in [0.29, 0.717) is 19.6 Å². The highest BCUT2D eigenvalue weighted by atomic mass is 16.2. The van der Waals surface area contributed by atoms with Crippen LogP contribution in [0.5, 0.6) is 0 Å². The van der Waals surface area contributed by atoms with E-state index >= 15 is 0 Å². The number of benzene rings is 1. The van der Waals surface area contributed by atoms with E-state index in [4.69, 9.17) is 0 Å². The molecule has 0 radical (unpaired) electrons. The molecule has 0 N–H and O–H groups in total. The Labute approximate surface area is 120 Å². The highest BCUT2D eigenvalue weighted by Crippen LogP contribution is 2.20. The fourth-order valence-electron chi connectivity index (χ4n) is 2.76. The number of likely N-dealkylation sites (N-methyl/N-ethyl adjacent to an activating group) is 1. The Bertz CT molecular complexity index is 473. The van der Waals surface area contributed by atoms with E-state index in [0.717, 1.165) is 18.4 Å². The van der Waals surface area contributed by atoms with Crippen LogP contribution in [0.25, 0.3) is 0 Å². The van der Waals surface area contributed by atoms with Gasteiger partial charge < -0.3 is 9.80 Å². The second-order valence-electron chi connectivity index (χ2n) is 5.21. The minimum Gasteiger partial charge on any atom is -0.337 e. The van der Waals surface area contributed by atoms with Gasteiger partial charge in [-0.25, -0.2) is 0 Å². The summed E-state index contributed by atoms with van der Waals surface area (Å²) in [6, 6.07) is 9.70. The zero-order valence-corrected chi connectivity index (χ0v) is 12.2. The summed E-state index contributed by atoms with van der Waals surface area (Å²) < 4.78 is 0. The van der Waals surface area contributed by atoms with Crippen LogP contribution < -0.4 is 0 Å². The van der Waals surface area contributed by atoms with Gasteiger partial charge in [-0.1, -0.05) is 30.3 Å². The normalized spacial score (nSPS) is 18.1. The summed E-state index contributed by atoms with van der Waals surface area (Å²) in [5.41, 5.74) is 1.12. The third kappa shape index (κ3) is 3.18. The third-order valence-corrected chi connectivity index (χ3v) is 3.85. The number of likely N-dealkylation sites (tertiary alicyclic amines) is 1. The highest BCUT2D eigenvalue weighted by Gasteiger charge is 2.34. The molecule has 0 saturated carbocycles. The lowest BCUT2D eigenvalue weighted by atomic mass is 10.1. The topological polar surface area (TPSA) is 40.6 Å². The first-order valence-electron chi connectivity index (χ1n) is 7.23. The Balaban J connectivity index is 2.07. The van der Waals surface area contributed by atoms with Crippen LogP contribution in [0.3, 0.4) is 0 Å². The molecular weight excluding hydrogens is 252 g/mol. The summed E-state index contributed by atoms with van der Waals surface area (Å²) in [7, 11) is 0. The summed E-state index contributed by atoms with van der Waals surface area (Å²) in [6.07, 6.45) is 1.70. The molecule has 108 valence electrons. The molecule has 1 fully saturated rings. The second kappa shape index (κ2) is 6.55. The first-order valence-corrected chi connectivity index (χ1v) is 7.23. The van der Waals surface area contributed by atoms with E-state index in [-0.39, 0.29) is 17.9 Å². The van der Waals surface area contributed by atoms with E-state index in [2.05, 4.69) is 0 Å². The fraction of sp³-hybridized carbons (Fsp3) is 0.500. The molecule has 1 aromatic carbocycles. The third-order valence-electron chi connectivity index (χ3n) is 3.85. The van der Waals surface area contributed by atoms with Crippen molar-refractivity contribution in [3.63, 3.8) is 0 Å². The molecule has 0 aromatic heterocycles. The molecule has 0 spiro atoms. The first-order chi connectivity index (χ1) is 9.63. The van der Waals surface area contributed by atoms with Crippen molar-refractivity contribution in [1.82, 2.24) is 9.80 Å². The predicted octanol–water partition coefficient (Wildman–Crippen LogP) is 2.05. The molecular formula is C16H22N2O2. The molecule has 1 aliphatic rings. The molecule has 2 rings (SSSR count). The van der Waals surface area contributed by atoms with Crippen LogP contribution in [0.1, 0.15) is 32.3 Å². The molecule has 1 heterocycles. The van der Waals surface area contributed by atoms with Crippen LogP contribution in [-0.2, 0) is 16.1 Å². The van der Waals surface area contributed by atoms with Crippen LogP contribution in [-0.4, -0.2) is 40.7 Å². The average molecular weight is 274 g/mol. The van der Waals surface area contributed by atoms with E-state index < -0.39 is 0 Å². The van der Waals surface area contributed by atoms with Gasteiger partial charge in [-0.15, -0.1) is 0 Å². The maximum Gasteiger partial charge on any atom is 0.245 e. The zero-order valence-electron chi connectivity index (χ0n) is 12.2. The average Bonchev–Trinajstić information content (AvgIpc) is 2.94. The Morgan fingerprint density at radius 3 is 2.60 bits per heavy atom. The summed E-state index contributed by atoms with van der Waals surface area (Å²) in [6.45, 7) is 5.50. The van der Waals surface area contributed by atoms with Gasteiger partial charge >= 0.3 is 0 Å². The molecule has 1 aromatic rings. The predicted molar refractivity (Wildman–Crippen MR) is 77.9 cm³/mol. The molecule has 0 aliphatic carbocycles. The fourth-order valence-corrected chi connectivity index (χ4v) is 2.76. The Kier molecular flexibility index (Phi) is 4.77. The van der Waals surface area contributed by atoms with Gasteiger partial charge in [-0.05, 0) is 25.3 Å². The standard InChI is InChI=1S/C16H22N2O2/c1-3-17(12-14-8-5-4-6-9-14)16(20)15-10-7-11-18(15)13(2)19/h4-6,8-9,15H,3,7,10-12H2,1-2H3/t15-/m1/s1. The van der Waals surface area contributed by atoms with Gasteiger partial charge in [-0.2, -0.15) is 0 Å². The van der Waals surface area contributed by atoms with Gasteiger partial charge in [0.1, 0.15) is 6.04 Å². The van der Waals surface area contributed by atoms with E-state index in [9.17, 15) is 9.59 Å². The Hall–Kier alpha value is -1.84. The lowest BCUT2D eigenvalue weighted by Crippen LogP contribution is -2.46. The molecule has 4 heteroatoms. The Morgan fingerprint density at radius 1 is 1.30 bits per heavy atom. The Morgan fingerprint density at radius 2 is 2.00 bits per heavy atom. The van der Waals surface area contributed by atoms with Gasteiger partial charge in [0, 0.05) is 26.6 Å². The lowest BCUT2D eigenvalue weighted by Gasteiger charge is -2.29. The number of amides is 2. The van der Waals surface area contributed by atoms with Crippen LogP contribution in [0, 0.1) is 0 Å². The zero-order chi connectivity index (χ0) is 14.5. The van der Waals surface area contributed by atoms with E-state index in [1.165, 1.54) is 0 Å². The second-order valence-corrected chi connectivity index (χ2v) is 5.21. The highest BCUT2D eigenvalue weighted by molar-refractivity contribution is 5.87. The maximum atomic E-state index is 12.6.